The molecule has 0 aliphatic heterocycles. The average molecular weight is 283 g/mol. The van der Waals surface area contributed by atoms with Gasteiger partial charge in [-0.05, 0) is 26.2 Å². The number of hydrogen-bond donors (Lipinski definition) is 1. The Labute approximate surface area is 122 Å². The molecule has 0 spiro atoms. The maximum atomic E-state index is 5.73. The number of nitrogens with one attached hydrogen (secondary N) is 1. The summed E-state index contributed by atoms with van der Waals surface area (Å²) in [6.07, 6.45) is 6.91. The second kappa shape index (κ2) is 5.88. The molecule has 0 amide bonds. The van der Waals surface area contributed by atoms with Gasteiger partial charge in [0, 0.05) is 29.9 Å². The van der Waals surface area contributed by atoms with Crippen molar-refractivity contribution in [3.63, 3.8) is 0 Å². The van der Waals surface area contributed by atoms with Crippen LogP contribution in [0.1, 0.15) is 0 Å². The van der Waals surface area contributed by atoms with Gasteiger partial charge < -0.3 is 14.6 Å². The molecule has 0 fully saturated rings. The summed E-state index contributed by atoms with van der Waals surface area (Å²) >= 11 is 0. The van der Waals surface area contributed by atoms with Gasteiger partial charge in [0.05, 0.1) is 11.9 Å². The zero-order chi connectivity index (χ0) is 14.7. The minimum Gasteiger partial charge on any atom is -0.491 e. The van der Waals surface area contributed by atoms with Crippen molar-refractivity contribution in [1.29, 1.82) is 0 Å². The fourth-order valence-electron chi connectivity index (χ4n) is 2.07. The van der Waals surface area contributed by atoms with Gasteiger partial charge in [-0.15, -0.1) is 0 Å². The third kappa shape index (κ3) is 3.00. The van der Waals surface area contributed by atoms with Crippen molar-refractivity contribution < 1.29 is 4.74 Å². The Morgan fingerprint density at radius 3 is 2.95 bits per heavy atom. The Hall–Kier alpha value is -2.47. The second-order valence-corrected chi connectivity index (χ2v) is 5.02. The third-order valence-electron chi connectivity index (χ3n) is 3.17. The fraction of sp³-hybridized carbons (Fsp3) is 0.267. The molecule has 0 aromatic carbocycles. The highest BCUT2D eigenvalue weighted by molar-refractivity contribution is 5.93. The van der Waals surface area contributed by atoms with Crippen LogP contribution >= 0.6 is 0 Å². The number of aromatic amines is 1. The van der Waals surface area contributed by atoms with Gasteiger partial charge in [-0.3, -0.25) is 0 Å². The summed E-state index contributed by atoms with van der Waals surface area (Å²) in [4.78, 5) is 17.8. The molecular weight excluding hydrogens is 266 g/mol. The molecule has 6 heteroatoms. The first-order chi connectivity index (χ1) is 10.2. The van der Waals surface area contributed by atoms with E-state index in [2.05, 4.69) is 24.8 Å². The zero-order valence-electron chi connectivity index (χ0n) is 12.1. The summed E-state index contributed by atoms with van der Waals surface area (Å²) in [6.45, 7) is 1.50. The molecule has 3 aromatic rings. The average Bonchev–Trinajstić information content (AvgIpc) is 2.91. The molecule has 0 atom stereocenters. The predicted molar refractivity (Wildman–Crippen MR) is 81.2 cm³/mol. The van der Waals surface area contributed by atoms with Gasteiger partial charge in [-0.25, -0.2) is 15.0 Å². The molecule has 3 aromatic heterocycles. The molecule has 0 unspecified atom stereocenters. The SMILES string of the molecule is CN(C)CCOc1cnc2[nH]cc(-c3ccncn3)c2c1. The maximum Gasteiger partial charge on any atom is 0.138 e. The summed E-state index contributed by atoms with van der Waals surface area (Å²) < 4.78 is 5.73. The Morgan fingerprint density at radius 1 is 1.29 bits per heavy atom. The van der Waals surface area contributed by atoms with E-state index >= 15 is 0 Å². The van der Waals surface area contributed by atoms with Gasteiger partial charge in [0.2, 0.25) is 0 Å². The molecule has 3 heterocycles. The molecule has 0 saturated heterocycles. The molecular formula is C15H17N5O. The van der Waals surface area contributed by atoms with Crippen molar-refractivity contribution in [2.45, 2.75) is 0 Å². The lowest BCUT2D eigenvalue weighted by atomic mass is 10.1. The first kappa shape index (κ1) is 13.5. The van der Waals surface area contributed by atoms with Crippen LogP contribution in [0, 0.1) is 0 Å². The normalized spacial score (nSPS) is 11.2. The highest BCUT2D eigenvalue weighted by atomic mass is 16.5. The maximum absolute atomic E-state index is 5.73. The summed E-state index contributed by atoms with van der Waals surface area (Å²) in [5.74, 6) is 0.763. The van der Waals surface area contributed by atoms with E-state index in [0.29, 0.717) is 6.61 Å². The van der Waals surface area contributed by atoms with E-state index in [1.807, 2.05) is 32.4 Å². The van der Waals surface area contributed by atoms with E-state index in [1.54, 1.807) is 18.7 Å². The van der Waals surface area contributed by atoms with Crippen molar-refractivity contribution in [1.82, 2.24) is 24.8 Å². The van der Waals surface area contributed by atoms with Crippen molar-refractivity contribution in [2.75, 3.05) is 27.2 Å². The molecule has 6 nitrogen and oxygen atoms in total. The molecule has 0 aliphatic carbocycles. The van der Waals surface area contributed by atoms with E-state index in [1.165, 1.54) is 0 Å². The molecule has 1 N–H and O–H groups in total. The molecule has 0 saturated carbocycles. The Kier molecular flexibility index (Phi) is 3.79. The van der Waals surface area contributed by atoms with E-state index in [9.17, 15) is 0 Å². The van der Waals surface area contributed by atoms with Crippen molar-refractivity contribution in [3.8, 4) is 17.0 Å². The van der Waals surface area contributed by atoms with Crippen LogP contribution in [-0.2, 0) is 0 Å². The third-order valence-corrected chi connectivity index (χ3v) is 3.17. The molecule has 108 valence electrons. The summed E-state index contributed by atoms with van der Waals surface area (Å²) in [5.41, 5.74) is 2.69. The van der Waals surface area contributed by atoms with Gasteiger partial charge >= 0.3 is 0 Å². The number of hydrogen-bond acceptors (Lipinski definition) is 5. The van der Waals surface area contributed by atoms with Crippen LogP contribution in [0.2, 0.25) is 0 Å². The monoisotopic (exact) mass is 283 g/mol. The fourth-order valence-corrected chi connectivity index (χ4v) is 2.07. The first-order valence-electron chi connectivity index (χ1n) is 6.75. The number of rotatable bonds is 5. The summed E-state index contributed by atoms with van der Waals surface area (Å²) in [5, 5.41) is 0.996. The highest BCUT2D eigenvalue weighted by Crippen LogP contribution is 2.28. The highest BCUT2D eigenvalue weighted by Gasteiger charge is 2.09. The van der Waals surface area contributed by atoms with Gasteiger partial charge in [-0.1, -0.05) is 0 Å². The van der Waals surface area contributed by atoms with E-state index in [4.69, 9.17) is 4.74 Å². The van der Waals surface area contributed by atoms with Crippen LogP contribution < -0.4 is 4.74 Å². The van der Waals surface area contributed by atoms with Gasteiger partial charge in [0.15, 0.2) is 0 Å². The largest absolute Gasteiger partial charge is 0.491 e. The smallest absolute Gasteiger partial charge is 0.138 e. The van der Waals surface area contributed by atoms with Crippen molar-refractivity contribution >= 4 is 11.0 Å². The second-order valence-electron chi connectivity index (χ2n) is 5.02. The van der Waals surface area contributed by atoms with Crippen LogP contribution in [0.4, 0.5) is 0 Å². The number of ether oxygens (including phenoxy) is 1. The van der Waals surface area contributed by atoms with E-state index in [0.717, 1.165) is 34.6 Å². The number of nitrogens with zero attached hydrogens (tertiary/aromatic N) is 4. The van der Waals surface area contributed by atoms with Crippen LogP contribution in [0.15, 0.2) is 37.1 Å². The van der Waals surface area contributed by atoms with Crippen LogP contribution in [0.5, 0.6) is 5.75 Å². The number of H-pyrrole nitrogens is 1. The lowest BCUT2D eigenvalue weighted by molar-refractivity contribution is 0.261. The topological polar surface area (TPSA) is 66.9 Å². The molecule has 0 radical (unpaired) electrons. The first-order valence-corrected chi connectivity index (χ1v) is 6.75. The molecule has 0 aliphatic rings. The van der Waals surface area contributed by atoms with Crippen LogP contribution in [0.25, 0.3) is 22.3 Å². The summed E-state index contributed by atoms with van der Waals surface area (Å²) in [6, 6.07) is 3.87. The van der Waals surface area contributed by atoms with Gasteiger partial charge in [-0.2, -0.15) is 0 Å². The summed E-state index contributed by atoms with van der Waals surface area (Å²) in [7, 11) is 4.04. The standard InChI is InChI=1S/C15H17N5O/c1-20(2)5-6-21-11-7-12-13(9-18-15(12)17-8-11)14-3-4-16-10-19-14/h3-4,7-10H,5-6H2,1-2H3,(H,17,18). The lowest BCUT2D eigenvalue weighted by Crippen LogP contribution is -2.19. The number of aromatic nitrogens is 4. The minimum absolute atomic E-state index is 0.632. The number of likely N-dealkylation sites (N-methyl/N-ethyl adjacent to an activating group) is 1. The van der Waals surface area contributed by atoms with Gasteiger partial charge in [0.25, 0.3) is 0 Å². The molecule has 0 bridgehead atoms. The van der Waals surface area contributed by atoms with E-state index < -0.39 is 0 Å². The Balaban J connectivity index is 1.89. The zero-order valence-corrected chi connectivity index (χ0v) is 12.1. The van der Waals surface area contributed by atoms with Crippen LogP contribution in [-0.4, -0.2) is 52.1 Å². The Morgan fingerprint density at radius 2 is 2.19 bits per heavy atom. The Bertz CT molecular complexity index is 723. The quantitative estimate of drug-likeness (QED) is 0.775. The molecule has 21 heavy (non-hydrogen) atoms. The molecule has 3 rings (SSSR count). The van der Waals surface area contributed by atoms with E-state index in [-0.39, 0.29) is 0 Å². The van der Waals surface area contributed by atoms with Gasteiger partial charge in [0.1, 0.15) is 24.3 Å². The minimum atomic E-state index is 0.632. The lowest BCUT2D eigenvalue weighted by Gasteiger charge is -2.10. The van der Waals surface area contributed by atoms with Crippen molar-refractivity contribution in [3.05, 3.63) is 37.1 Å². The van der Waals surface area contributed by atoms with Crippen molar-refractivity contribution in [2.24, 2.45) is 0 Å². The predicted octanol–water partition coefficient (Wildman–Crippen LogP) is 1.96. The number of fused-ring (bicyclic) bond motifs is 1. The number of pyridine rings is 1. The van der Waals surface area contributed by atoms with Crippen LogP contribution in [0.3, 0.4) is 0 Å².